The second kappa shape index (κ2) is 8.09. The minimum absolute atomic E-state index is 0.0816. The lowest BCUT2D eigenvalue weighted by Gasteiger charge is -2.31. The summed E-state index contributed by atoms with van der Waals surface area (Å²) < 4.78 is 18.4. The van der Waals surface area contributed by atoms with Gasteiger partial charge in [-0.25, -0.2) is 9.18 Å². The summed E-state index contributed by atoms with van der Waals surface area (Å²) in [5.74, 6) is -0.635. The molecule has 0 spiro atoms. The van der Waals surface area contributed by atoms with Gasteiger partial charge in [-0.2, -0.15) is 0 Å². The number of halogens is 1. The molecule has 1 aromatic carbocycles. The van der Waals surface area contributed by atoms with Crippen LogP contribution in [0.25, 0.3) is 0 Å². The number of nitrogens with zero attached hydrogens (tertiary/aromatic N) is 1. The highest BCUT2D eigenvalue weighted by atomic mass is 19.1. The van der Waals surface area contributed by atoms with E-state index in [1.54, 1.807) is 20.8 Å². The number of ether oxygens (including phenoxy) is 1. The van der Waals surface area contributed by atoms with Crippen LogP contribution in [-0.4, -0.2) is 35.0 Å². The zero-order valence-corrected chi connectivity index (χ0v) is 14.6. The van der Waals surface area contributed by atoms with Crippen molar-refractivity contribution in [3.8, 4) is 0 Å². The molecule has 0 heterocycles. The third kappa shape index (κ3) is 6.38. The lowest BCUT2D eigenvalue weighted by molar-refractivity contribution is 0.0169. The van der Waals surface area contributed by atoms with Crippen LogP contribution in [-0.2, 0) is 4.74 Å². The number of amides is 1. The summed E-state index contributed by atoms with van der Waals surface area (Å²) in [5.41, 5.74) is -0.246. The molecule has 0 fully saturated rings. The standard InChI is InChI=1S/C18H26FNO3/c1-6-7-13(2)20(17(22)23-18(3,4)5)12-16(21)14-8-10-15(19)11-9-14/h8-11,13H,6-7,12H2,1-5H3. The molecule has 1 atom stereocenters. The van der Waals surface area contributed by atoms with Crippen LogP contribution in [0, 0.1) is 5.82 Å². The van der Waals surface area contributed by atoms with E-state index in [9.17, 15) is 14.0 Å². The monoisotopic (exact) mass is 323 g/mol. The fourth-order valence-corrected chi connectivity index (χ4v) is 2.18. The summed E-state index contributed by atoms with van der Waals surface area (Å²) in [6, 6.07) is 5.21. The first-order chi connectivity index (χ1) is 10.6. The maximum atomic E-state index is 13.0. The van der Waals surface area contributed by atoms with Gasteiger partial charge >= 0.3 is 6.09 Å². The molecule has 0 radical (unpaired) electrons. The van der Waals surface area contributed by atoms with Crippen LogP contribution in [0.5, 0.6) is 0 Å². The molecular formula is C18H26FNO3. The fourth-order valence-electron chi connectivity index (χ4n) is 2.18. The molecule has 0 bridgehead atoms. The molecule has 1 aromatic rings. The lowest BCUT2D eigenvalue weighted by atomic mass is 10.1. The van der Waals surface area contributed by atoms with Crippen LogP contribution >= 0.6 is 0 Å². The van der Waals surface area contributed by atoms with Crippen molar-refractivity contribution in [3.63, 3.8) is 0 Å². The Labute approximate surface area is 137 Å². The maximum Gasteiger partial charge on any atom is 0.410 e. The number of carbonyl (C=O) groups is 2. The molecule has 5 heteroatoms. The Morgan fingerprint density at radius 1 is 1.22 bits per heavy atom. The van der Waals surface area contributed by atoms with Crippen LogP contribution in [0.1, 0.15) is 57.8 Å². The van der Waals surface area contributed by atoms with Crippen LogP contribution in [0.3, 0.4) is 0 Å². The van der Waals surface area contributed by atoms with E-state index in [4.69, 9.17) is 4.74 Å². The van der Waals surface area contributed by atoms with E-state index in [0.717, 1.165) is 12.8 Å². The number of hydrogen-bond donors (Lipinski definition) is 0. The smallest absolute Gasteiger partial charge is 0.410 e. The Morgan fingerprint density at radius 2 is 1.78 bits per heavy atom. The maximum absolute atomic E-state index is 13.0. The molecule has 0 aliphatic carbocycles. The van der Waals surface area contributed by atoms with Crippen molar-refractivity contribution < 1.29 is 18.7 Å². The van der Waals surface area contributed by atoms with Gasteiger partial charge in [-0.15, -0.1) is 0 Å². The topological polar surface area (TPSA) is 46.6 Å². The van der Waals surface area contributed by atoms with E-state index in [1.165, 1.54) is 29.2 Å². The molecule has 0 aliphatic heterocycles. The van der Waals surface area contributed by atoms with E-state index >= 15 is 0 Å². The molecule has 0 N–H and O–H groups in total. The van der Waals surface area contributed by atoms with Crippen molar-refractivity contribution >= 4 is 11.9 Å². The van der Waals surface area contributed by atoms with Crippen LogP contribution < -0.4 is 0 Å². The molecular weight excluding hydrogens is 297 g/mol. The van der Waals surface area contributed by atoms with Gasteiger partial charge in [0.15, 0.2) is 5.78 Å². The Balaban J connectivity index is 2.89. The average Bonchev–Trinajstić information content (AvgIpc) is 2.43. The van der Waals surface area contributed by atoms with Crippen molar-refractivity contribution in [1.29, 1.82) is 0 Å². The molecule has 0 aliphatic rings. The molecule has 1 unspecified atom stereocenters. The fraction of sp³-hybridized carbons (Fsp3) is 0.556. The van der Waals surface area contributed by atoms with Crippen LogP contribution in [0.4, 0.5) is 9.18 Å². The summed E-state index contributed by atoms with van der Waals surface area (Å²) in [6.45, 7) is 9.19. The molecule has 4 nitrogen and oxygen atoms in total. The number of ketones is 1. The van der Waals surface area contributed by atoms with Gasteiger partial charge in [-0.3, -0.25) is 9.69 Å². The first-order valence-electron chi connectivity index (χ1n) is 7.92. The lowest BCUT2D eigenvalue weighted by Crippen LogP contribution is -2.44. The SMILES string of the molecule is CCCC(C)N(CC(=O)c1ccc(F)cc1)C(=O)OC(C)(C)C. The predicted molar refractivity (Wildman–Crippen MR) is 88.0 cm³/mol. The second-order valence-corrected chi connectivity index (χ2v) is 6.68. The Hall–Kier alpha value is -1.91. The van der Waals surface area contributed by atoms with Gasteiger partial charge in [-0.05, 0) is 58.4 Å². The van der Waals surface area contributed by atoms with Crippen molar-refractivity contribution in [2.24, 2.45) is 0 Å². The Bertz CT molecular complexity index is 534. The average molecular weight is 323 g/mol. The first-order valence-corrected chi connectivity index (χ1v) is 7.92. The molecule has 0 saturated carbocycles. The molecule has 0 aromatic heterocycles. The zero-order valence-electron chi connectivity index (χ0n) is 14.6. The van der Waals surface area contributed by atoms with Gasteiger partial charge < -0.3 is 4.74 Å². The summed E-state index contributed by atoms with van der Waals surface area (Å²) in [6.07, 6.45) is 1.16. The van der Waals surface area contributed by atoms with Crippen molar-refractivity contribution in [3.05, 3.63) is 35.6 Å². The van der Waals surface area contributed by atoms with E-state index in [2.05, 4.69) is 0 Å². The van der Waals surface area contributed by atoms with E-state index in [0.29, 0.717) is 5.56 Å². The molecule has 128 valence electrons. The number of Topliss-reactive ketones (excluding diaryl/α,β-unsaturated/α-hetero) is 1. The van der Waals surface area contributed by atoms with Gasteiger partial charge in [-0.1, -0.05) is 13.3 Å². The number of carbonyl (C=O) groups excluding carboxylic acids is 2. The van der Waals surface area contributed by atoms with E-state index in [1.807, 2.05) is 13.8 Å². The number of rotatable bonds is 6. The largest absolute Gasteiger partial charge is 0.444 e. The van der Waals surface area contributed by atoms with E-state index < -0.39 is 17.5 Å². The first kappa shape index (κ1) is 19.1. The van der Waals surface area contributed by atoms with Gasteiger partial charge in [0.25, 0.3) is 0 Å². The van der Waals surface area contributed by atoms with Crippen molar-refractivity contribution in [2.45, 2.75) is 59.1 Å². The highest BCUT2D eigenvalue weighted by Crippen LogP contribution is 2.15. The summed E-state index contributed by atoms with van der Waals surface area (Å²) >= 11 is 0. The molecule has 1 amide bonds. The third-order valence-electron chi connectivity index (χ3n) is 3.35. The Kier molecular flexibility index (Phi) is 6.73. The van der Waals surface area contributed by atoms with Gasteiger partial charge in [0.05, 0.1) is 6.54 Å². The van der Waals surface area contributed by atoms with E-state index in [-0.39, 0.29) is 18.4 Å². The van der Waals surface area contributed by atoms with Crippen molar-refractivity contribution in [2.75, 3.05) is 6.54 Å². The number of hydrogen-bond acceptors (Lipinski definition) is 3. The van der Waals surface area contributed by atoms with Gasteiger partial charge in [0.2, 0.25) is 0 Å². The normalized spacial score (nSPS) is 12.6. The number of benzene rings is 1. The van der Waals surface area contributed by atoms with Crippen LogP contribution in [0.2, 0.25) is 0 Å². The Morgan fingerprint density at radius 3 is 2.26 bits per heavy atom. The van der Waals surface area contributed by atoms with Gasteiger partial charge in [0.1, 0.15) is 11.4 Å². The predicted octanol–water partition coefficient (Wildman–Crippen LogP) is 4.43. The summed E-state index contributed by atoms with van der Waals surface area (Å²) in [4.78, 5) is 26.2. The quantitative estimate of drug-likeness (QED) is 0.727. The minimum atomic E-state index is -0.625. The summed E-state index contributed by atoms with van der Waals surface area (Å²) in [5, 5.41) is 0. The summed E-state index contributed by atoms with van der Waals surface area (Å²) in [7, 11) is 0. The second-order valence-electron chi connectivity index (χ2n) is 6.68. The van der Waals surface area contributed by atoms with Gasteiger partial charge in [0, 0.05) is 11.6 Å². The minimum Gasteiger partial charge on any atom is -0.444 e. The highest BCUT2D eigenvalue weighted by Gasteiger charge is 2.27. The molecule has 0 saturated heterocycles. The third-order valence-corrected chi connectivity index (χ3v) is 3.35. The van der Waals surface area contributed by atoms with Crippen molar-refractivity contribution in [1.82, 2.24) is 4.90 Å². The molecule has 1 rings (SSSR count). The van der Waals surface area contributed by atoms with Crippen LogP contribution in [0.15, 0.2) is 24.3 Å². The zero-order chi connectivity index (χ0) is 17.6. The highest BCUT2D eigenvalue weighted by molar-refractivity contribution is 5.98. The molecule has 23 heavy (non-hydrogen) atoms.